The zero-order valence-corrected chi connectivity index (χ0v) is 9.14. The van der Waals surface area contributed by atoms with Gasteiger partial charge in [-0.2, -0.15) is 0 Å². The van der Waals surface area contributed by atoms with Gasteiger partial charge in [-0.1, -0.05) is 13.8 Å². The second-order valence-electron chi connectivity index (χ2n) is 3.96. The van der Waals surface area contributed by atoms with Crippen LogP contribution in [0.25, 0.3) is 0 Å². The van der Waals surface area contributed by atoms with E-state index in [1.54, 1.807) is 0 Å². The van der Waals surface area contributed by atoms with Crippen molar-refractivity contribution >= 4 is 0 Å². The van der Waals surface area contributed by atoms with Gasteiger partial charge in [-0.15, -0.1) is 0 Å². The maximum absolute atomic E-state index is 8.51. The van der Waals surface area contributed by atoms with Crippen LogP contribution in [0, 0.1) is 5.92 Å². The molecule has 3 N–H and O–H groups in total. The average molecular weight is 188 g/mol. The zero-order valence-electron chi connectivity index (χ0n) is 9.14. The monoisotopic (exact) mass is 188 g/mol. The van der Waals surface area contributed by atoms with Crippen LogP contribution < -0.4 is 10.6 Å². The van der Waals surface area contributed by atoms with E-state index in [4.69, 9.17) is 5.11 Å². The predicted octanol–water partition coefficient (Wildman–Crippen LogP) is 0.593. The summed E-state index contributed by atoms with van der Waals surface area (Å²) in [5.74, 6) is 0.757. The predicted molar refractivity (Wildman–Crippen MR) is 56.9 cm³/mol. The van der Waals surface area contributed by atoms with Gasteiger partial charge in [0.25, 0.3) is 0 Å². The van der Waals surface area contributed by atoms with Gasteiger partial charge in [0.1, 0.15) is 0 Å². The van der Waals surface area contributed by atoms with Crippen molar-refractivity contribution < 1.29 is 5.11 Å². The Balaban J connectivity index is 3.12. The molecule has 0 aliphatic carbocycles. The largest absolute Gasteiger partial charge is 0.395 e. The fourth-order valence-corrected chi connectivity index (χ4v) is 1.40. The lowest BCUT2D eigenvalue weighted by Crippen LogP contribution is -2.34. The summed E-state index contributed by atoms with van der Waals surface area (Å²) in [4.78, 5) is 0. The molecule has 80 valence electrons. The van der Waals surface area contributed by atoms with Crippen molar-refractivity contribution in [3.63, 3.8) is 0 Å². The van der Waals surface area contributed by atoms with Crippen molar-refractivity contribution in [2.75, 3.05) is 26.2 Å². The van der Waals surface area contributed by atoms with E-state index in [0.717, 1.165) is 19.0 Å². The third kappa shape index (κ3) is 9.80. The van der Waals surface area contributed by atoms with E-state index in [1.165, 1.54) is 6.42 Å². The minimum absolute atomic E-state index is 0.224. The highest BCUT2D eigenvalue weighted by molar-refractivity contribution is 4.63. The molecule has 0 aromatic carbocycles. The van der Waals surface area contributed by atoms with Gasteiger partial charge >= 0.3 is 0 Å². The van der Waals surface area contributed by atoms with E-state index in [9.17, 15) is 0 Å². The van der Waals surface area contributed by atoms with Gasteiger partial charge < -0.3 is 15.7 Å². The summed E-state index contributed by atoms with van der Waals surface area (Å²) < 4.78 is 0. The molecule has 0 aromatic rings. The quantitative estimate of drug-likeness (QED) is 0.489. The molecule has 3 nitrogen and oxygen atoms in total. The molecular formula is C10H24N2O. The Kier molecular flexibility index (Phi) is 8.40. The SMILES string of the molecule is CC(C)C[C@@H](C)NCCNCCO. The normalized spacial score (nSPS) is 13.6. The summed E-state index contributed by atoms with van der Waals surface area (Å²) in [5.41, 5.74) is 0. The molecule has 0 rings (SSSR count). The summed E-state index contributed by atoms with van der Waals surface area (Å²) in [6.07, 6.45) is 1.22. The van der Waals surface area contributed by atoms with E-state index in [-0.39, 0.29) is 6.61 Å². The number of hydrogen-bond donors (Lipinski definition) is 3. The Bertz CT molecular complexity index is 107. The average Bonchev–Trinajstić information content (AvgIpc) is 2.02. The van der Waals surface area contributed by atoms with Crippen molar-refractivity contribution in [1.29, 1.82) is 0 Å². The first kappa shape index (κ1) is 12.9. The van der Waals surface area contributed by atoms with E-state index in [1.807, 2.05) is 0 Å². The summed E-state index contributed by atoms with van der Waals surface area (Å²) in [6, 6.07) is 0.593. The van der Waals surface area contributed by atoms with Crippen LogP contribution in [0.4, 0.5) is 0 Å². The van der Waals surface area contributed by atoms with E-state index >= 15 is 0 Å². The summed E-state index contributed by atoms with van der Waals surface area (Å²) in [6.45, 7) is 9.52. The smallest absolute Gasteiger partial charge is 0.0555 e. The van der Waals surface area contributed by atoms with Crippen molar-refractivity contribution in [2.45, 2.75) is 33.2 Å². The topological polar surface area (TPSA) is 44.3 Å². The molecule has 0 aliphatic rings. The van der Waals surface area contributed by atoms with Crippen LogP contribution in [-0.4, -0.2) is 37.4 Å². The molecular weight excluding hydrogens is 164 g/mol. The molecule has 3 heteroatoms. The number of rotatable bonds is 8. The number of aliphatic hydroxyl groups excluding tert-OH is 1. The Morgan fingerprint density at radius 1 is 1.08 bits per heavy atom. The van der Waals surface area contributed by atoms with E-state index < -0.39 is 0 Å². The van der Waals surface area contributed by atoms with Crippen molar-refractivity contribution in [3.8, 4) is 0 Å². The summed E-state index contributed by atoms with van der Waals surface area (Å²) in [7, 11) is 0. The number of nitrogens with one attached hydrogen (secondary N) is 2. The number of hydrogen-bond acceptors (Lipinski definition) is 3. The molecule has 1 atom stereocenters. The van der Waals surface area contributed by atoms with Gasteiger partial charge in [-0.3, -0.25) is 0 Å². The standard InChI is InChI=1S/C10H24N2O/c1-9(2)8-10(3)12-5-4-11-6-7-13/h9-13H,4-8H2,1-3H3/t10-/m1/s1. The third-order valence-electron chi connectivity index (χ3n) is 1.91. The Hall–Kier alpha value is -0.120. The van der Waals surface area contributed by atoms with Crippen LogP contribution in [0.5, 0.6) is 0 Å². The Morgan fingerprint density at radius 3 is 2.31 bits per heavy atom. The molecule has 0 amide bonds. The van der Waals surface area contributed by atoms with E-state index in [0.29, 0.717) is 12.6 Å². The lowest BCUT2D eigenvalue weighted by molar-refractivity contribution is 0.292. The van der Waals surface area contributed by atoms with Crippen molar-refractivity contribution in [1.82, 2.24) is 10.6 Å². The van der Waals surface area contributed by atoms with Gasteiger partial charge in [0.2, 0.25) is 0 Å². The first-order chi connectivity index (χ1) is 6.16. The highest BCUT2D eigenvalue weighted by atomic mass is 16.3. The molecule has 0 unspecified atom stereocenters. The van der Waals surface area contributed by atoms with Gasteiger partial charge in [-0.25, -0.2) is 0 Å². The molecule has 0 bridgehead atoms. The maximum Gasteiger partial charge on any atom is 0.0555 e. The molecule has 0 fully saturated rings. The highest BCUT2D eigenvalue weighted by Crippen LogP contribution is 2.02. The molecule has 0 aromatic heterocycles. The zero-order chi connectivity index (χ0) is 10.1. The van der Waals surface area contributed by atoms with Crippen LogP contribution in [0.2, 0.25) is 0 Å². The van der Waals surface area contributed by atoms with Crippen LogP contribution in [-0.2, 0) is 0 Å². The molecule has 0 radical (unpaired) electrons. The lowest BCUT2D eigenvalue weighted by Gasteiger charge is -2.15. The molecule has 0 heterocycles. The summed E-state index contributed by atoms with van der Waals surface area (Å²) in [5, 5.41) is 15.1. The van der Waals surface area contributed by atoms with Gasteiger partial charge in [-0.05, 0) is 19.3 Å². The Labute approximate surface area is 81.9 Å². The fraction of sp³-hybridized carbons (Fsp3) is 1.00. The van der Waals surface area contributed by atoms with Gasteiger partial charge in [0, 0.05) is 25.7 Å². The van der Waals surface area contributed by atoms with E-state index in [2.05, 4.69) is 31.4 Å². The molecule has 0 spiro atoms. The second-order valence-corrected chi connectivity index (χ2v) is 3.96. The van der Waals surface area contributed by atoms with Crippen LogP contribution >= 0.6 is 0 Å². The molecule has 13 heavy (non-hydrogen) atoms. The molecule has 0 aliphatic heterocycles. The summed E-state index contributed by atoms with van der Waals surface area (Å²) >= 11 is 0. The van der Waals surface area contributed by atoms with Gasteiger partial charge in [0.05, 0.1) is 6.61 Å². The highest BCUT2D eigenvalue weighted by Gasteiger charge is 2.02. The molecule has 0 saturated carbocycles. The molecule has 0 saturated heterocycles. The minimum atomic E-state index is 0.224. The minimum Gasteiger partial charge on any atom is -0.395 e. The van der Waals surface area contributed by atoms with Crippen molar-refractivity contribution in [2.24, 2.45) is 5.92 Å². The van der Waals surface area contributed by atoms with Crippen LogP contribution in [0.15, 0.2) is 0 Å². The first-order valence-electron chi connectivity index (χ1n) is 5.21. The maximum atomic E-state index is 8.51. The fourth-order valence-electron chi connectivity index (χ4n) is 1.40. The second kappa shape index (κ2) is 8.48. The van der Waals surface area contributed by atoms with Crippen molar-refractivity contribution in [3.05, 3.63) is 0 Å². The third-order valence-corrected chi connectivity index (χ3v) is 1.91. The first-order valence-corrected chi connectivity index (χ1v) is 5.21. The number of aliphatic hydroxyl groups is 1. The van der Waals surface area contributed by atoms with Crippen LogP contribution in [0.1, 0.15) is 27.2 Å². The van der Waals surface area contributed by atoms with Gasteiger partial charge in [0.15, 0.2) is 0 Å². The lowest BCUT2D eigenvalue weighted by atomic mass is 10.1. The Morgan fingerprint density at radius 2 is 1.77 bits per heavy atom. The van der Waals surface area contributed by atoms with Crippen LogP contribution in [0.3, 0.4) is 0 Å².